The third-order valence-electron chi connectivity index (χ3n) is 18.4. The third-order valence-corrected chi connectivity index (χ3v) is 20.2. The van der Waals surface area contributed by atoms with Crippen molar-refractivity contribution in [3.63, 3.8) is 0 Å². The van der Waals surface area contributed by atoms with E-state index < -0.39 is 169 Å². The van der Waals surface area contributed by atoms with Crippen LogP contribution < -0.4 is 0 Å². The Hall–Kier alpha value is -4.05. The summed E-state index contributed by atoms with van der Waals surface area (Å²) < 4.78 is 52.2. The summed E-state index contributed by atoms with van der Waals surface area (Å²) in [5.41, 5.74) is 0.0417. The molecule has 44 heteroatoms. The summed E-state index contributed by atoms with van der Waals surface area (Å²) in [7, 11) is 33.2. The number of hydrogen-bond donors (Lipinski definition) is 8. The summed E-state index contributed by atoms with van der Waals surface area (Å²) in [6.45, 7) is 18.6. The maximum Gasteiger partial charge on any atom is 0.331 e. The molecular formula is C65H120B10N8O25Si. The van der Waals surface area contributed by atoms with Gasteiger partial charge in [0.15, 0.2) is 17.4 Å². The van der Waals surface area contributed by atoms with E-state index >= 15 is 0 Å². The Bertz CT molecular complexity index is 2320. The van der Waals surface area contributed by atoms with Gasteiger partial charge in [-0.05, 0) is 75.4 Å². The van der Waals surface area contributed by atoms with Crippen molar-refractivity contribution >= 4 is 129 Å². The molecule has 6 rings (SSSR count). The molecule has 604 valence electrons. The van der Waals surface area contributed by atoms with Crippen LogP contribution in [0.15, 0.2) is 0 Å². The second-order valence-electron chi connectivity index (χ2n) is 29.0. The first-order valence-corrected chi connectivity index (χ1v) is 39.5. The van der Waals surface area contributed by atoms with Crippen LogP contribution in [0.1, 0.15) is 69.7 Å². The molecule has 109 heavy (non-hydrogen) atoms. The second-order valence-corrected chi connectivity index (χ2v) is 32.4. The molecule has 8 N–H and O–H groups in total. The van der Waals surface area contributed by atoms with E-state index in [4.69, 9.17) is 73.0 Å². The fourth-order valence-electron chi connectivity index (χ4n) is 12.6. The second kappa shape index (κ2) is 50.3. The normalized spacial score (nSPS) is 23.7. The average Bonchev–Trinajstić information content (AvgIpc) is 0.722. The van der Waals surface area contributed by atoms with Crippen molar-refractivity contribution in [1.29, 1.82) is 0 Å². The lowest BCUT2D eigenvalue weighted by molar-refractivity contribution is -0.231. The van der Waals surface area contributed by atoms with Gasteiger partial charge < -0.3 is 122 Å². The van der Waals surface area contributed by atoms with E-state index in [2.05, 4.69) is 23.2 Å². The van der Waals surface area contributed by atoms with Crippen molar-refractivity contribution in [3.05, 3.63) is 0 Å². The zero-order chi connectivity index (χ0) is 82.1. The van der Waals surface area contributed by atoms with Gasteiger partial charge in [0.05, 0.1) is 159 Å². The molecular weight excluding hydrogens is 1430 g/mol. The largest absolute Gasteiger partial charge is 0.395 e. The molecule has 4 aliphatic heterocycles. The van der Waals surface area contributed by atoms with Crippen molar-refractivity contribution in [3.8, 4) is 0 Å². The predicted octanol–water partition coefficient (Wildman–Crippen LogP) is -7.15. The van der Waals surface area contributed by atoms with Crippen molar-refractivity contribution < 1.29 is 121 Å². The average molecular weight is 1550 g/mol. The molecule has 0 bridgehead atoms. The quantitative estimate of drug-likeness (QED) is 0.0394. The molecule has 2 unspecified atom stereocenters. The predicted molar refractivity (Wildman–Crippen MR) is 416 cm³/mol. The minimum atomic E-state index is -2.34. The number of carbonyl (C=O) groups is 8. The first-order valence-electron chi connectivity index (χ1n) is 36.7. The molecule has 4 heterocycles. The fourth-order valence-corrected chi connectivity index (χ4v) is 13.9. The lowest BCUT2D eigenvalue weighted by Gasteiger charge is -2.53. The molecule has 2 aliphatic carbocycles. The zero-order valence-corrected chi connectivity index (χ0v) is 66.6. The van der Waals surface area contributed by atoms with Gasteiger partial charge in [-0.15, -0.1) is 0 Å². The highest BCUT2D eigenvalue weighted by atomic mass is 28.4. The summed E-state index contributed by atoms with van der Waals surface area (Å²) >= 11 is 0. The minimum absolute atomic E-state index is 0. The molecule has 0 aromatic heterocycles. The molecule has 14 radical (unpaired) electrons. The van der Waals surface area contributed by atoms with Crippen LogP contribution in [0.25, 0.3) is 0 Å². The van der Waals surface area contributed by atoms with Crippen LogP contribution >= 0.6 is 0 Å². The Balaban J connectivity index is 0.000000920. The van der Waals surface area contributed by atoms with Crippen molar-refractivity contribution in [2.24, 2.45) is 47.3 Å². The van der Waals surface area contributed by atoms with E-state index in [9.17, 15) is 79.2 Å². The van der Waals surface area contributed by atoms with Crippen LogP contribution in [0.3, 0.4) is 0 Å². The van der Waals surface area contributed by atoms with Crippen LogP contribution in [0.4, 0.5) is 0 Å². The van der Waals surface area contributed by atoms with Crippen LogP contribution in [0, 0.1) is 47.3 Å². The Morgan fingerprint density at radius 3 is 0.670 bits per heavy atom. The summed E-state index contributed by atoms with van der Waals surface area (Å²) in [5, 5.41) is 75.8. The van der Waals surface area contributed by atoms with Gasteiger partial charge in [0.1, 0.15) is 0 Å². The molecule has 4 saturated heterocycles. The number of carbonyl (C=O) groups excluding carboxylic acids is 8. The SMILES string of the molecule is C.CC1(C)OCCN(C(=O)C2C(C(=O)N3CCOC(C)(C)OCC3)C(C(=O)N3CCO[Si](C)(C)OCC3)C2C(=O)N2CCOC(C)(C)OCC2)CCO1.COC(C)(C)C.O=C(C1C(C(=O)N(CCO)CCO)C(C(=O)N(CCO)CCO)C1C(=O)N(CCO)CCO)N(CCO)CCO.[B]B([B])B([B])[B].[B]B([B])[B]. The minimum Gasteiger partial charge on any atom is -0.395 e. The number of aliphatic hydroxyl groups excluding tert-OH is 8. The zero-order valence-electron chi connectivity index (χ0n) is 65.6. The molecule has 0 aromatic carbocycles. The molecule has 0 aromatic rings. The van der Waals surface area contributed by atoms with Crippen LogP contribution in [0.5, 0.6) is 0 Å². The van der Waals surface area contributed by atoms with E-state index in [0.717, 1.165) is 19.6 Å². The van der Waals surface area contributed by atoms with Gasteiger partial charge in [0.2, 0.25) is 47.3 Å². The maximum atomic E-state index is 14.8. The lowest BCUT2D eigenvalue weighted by Crippen LogP contribution is -2.68. The number of amides is 8. The van der Waals surface area contributed by atoms with Gasteiger partial charge in [-0.3, -0.25) is 38.4 Å². The van der Waals surface area contributed by atoms with E-state index in [1.165, 1.54) is 0 Å². The molecule has 0 spiro atoms. The van der Waals surface area contributed by atoms with Crippen molar-refractivity contribution in [1.82, 2.24) is 39.2 Å². The number of methoxy groups -OCH3 is 1. The van der Waals surface area contributed by atoms with Gasteiger partial charge >= 0.3 is 8.56 Å². The van der Waals surface area contributed by atoms with E-state index in [0.29, 0.717) is 0 Å². The molecule has 8 amide bonds. The number of nitrogens with zero attached hydrogens (tertiary/aromatic N) is 8. The van der Waals surface area contributed by atoms with Gasteiger partial charge in [-0.2, -0.15) is 0 Å². The van der Waals surface area contributed by atoms with E-state index in [-0.39, 0.29) is 194 Å². The van der Waals surface area contributed by atoms with Gasteiger partial charge in [-0.1, -0.05) is 7.43 Å². The molecule has 2 atom stereocenters. The topological polar surface area (TPSA) is 407 Å². The Morgan fingerprint density at radius 1 is 0.376 bits per heavy atom. The molecule has 2 saturated carbocycles. The Morgan fingerprint density at radius 2 is 0.532 bits per heavy atom. The summed E-state index contributed by atoms with van der Waals surface area (Å²) in [6, 6.07) is 0. The highest BCUT2D eigenvalue weighted by Crippen LogP contribution is 2.52. The number of aliphatic hydroxyl groups is 8. The highest BCUT2D eigenvalue weighted by Gasteiger charge is 2.67. The summed E-state index contributed by atoms with van der Waals surface area (Å²) in [6.07, 6.45) is -1.85. The fraction of sp³-hybridized carbons (Fsp3) is 0.877. The Kier molecular flexibility index (Phi) is 47.5. The van der Waals surface area contributed by atoms with Crippen LogP contribution in [-0.4, -0.2) is 450 Å². The first-order chi connectivity index (χ1) is 50.6. The lowest BCUT2D eigenvalue weighted by atomic mass is 8.81. The first kappa shape index (κ1) is 103. The number of rotatable bonds is 25. The van der Waals surface area contributed by atoms with Gasteiger partial charge in [0.25, 0.3) is 0 Å². The molecule has 6 fully saturated rings. The van der Waals surface area contributed by atoms with Crippen molar-refractivity contribution in [2.75, 3.05) is 218 Å². The van der Waals surface area contributed by atoms with Gasteiger partial charge in [-0.25, -0.2) is 0 Å². The van der Waals surface area contributed by atoms with E-state index in [1.807, 2.05) is 75.4 Å². The monoisotopic (exact) mass is 1550 g/mol. The number of ether oxygens (including phenoxy) is 7. The smallest absolute Gasteiger partial charge is 0.331 e. The number of hydrogen-bond acceptors (Lipinski definition) is 25. The third kappa shape index (κ3) is 33.7. The maximum absolute atomic E-state index is 14.8. The summed E-state index contributed by atoms with van der Waals surface area (Å²) in [4.78, 5) is 125. The highest BCUT2D eigenvalue weighted by molar-refractivity contribution is 7.76. The Labute approximate surface area is 657 Å². The van der Waals surface area contributed by atoms with E-state index in [1.54, 1.807) is 26.7 Å². The summed E-state index contributed by atoms with van der Waals surface area (Å²) in [5.74, 6) is -17.5. The molecule has 33 nitrogen and oxygen atoms in total. The van der Waals surface area contributed by atoms with Crippen molar-refractivity contribution in [2.45, 2.75) is 106 Å². The molecule has 6 aliphatic rings. The van der Waals surface area contributed by atoms with Crippen LogP contribution in [-0.2, 0) is 80.4 Å². The van der Waals surface area contributed by atoms with Crippen LogP contribution in [0.2, 0.25) is 13.1 Å². The van der Waals surface area contributed by atoms with Gasteiger partial charge in [0, 0.05) is 185 Å². The standard InChI is InChI=1S/C35H60N4O12Si.C24H44N4O12.C5H12O.CH4.B6.B4/c1-33(2)44-17-9-36(10-18-45-33)29(40)25-26(30(41)37-11-19-46-34(3,4)47-20-12-37)28(32(43)39-15-23-50-52(7,8)51-24-16-39)27(25)31(42)38-13-21-48-35(5,6)49-22-14-38;29-9-1-25(2-10-30)21(37)17-18(22(38)26(3-11-31)4-12-32)20(24(40)28(7-15-35)8-16-36)19(17)23(39)27(5-13-33)6-14-34;1-5(2,3)6-4;;1-5(2)6(3)4;1-4(2)3/h25-28H,9-24H2,1-8H3;17-20,29-36H,1-16H2;1-4H3;1H4;;.